The second-order valence-electron chi connectivity index (χ2n) is 0.473. The Kier molecular flexibility index (Phi) is 29.0. The van der Waals surface area contributed by atoms with Crippen LogP contribution in [-0.2, 0) is 23.1 Å². The van der Waals surface area contributed by atoms with Crippen molar-refractivity contribution >= 4 is 88.8 Å². The Labute approximate surface area is 123 Å². The van der Waals surface area contributed by atoms with Crippen LogP contribution in [0.3, 0.4) is 0 Å². The number of halogens is 1. The molecule has 0 heterocycles. The van der Waals surface area contributed by atoms with Crippen LogP contribution >= 0.6 is 7.91 Å². The molecule has 0 saturated carbocycles. The molecule has 0 aromatic heterocycles. The van der Waals surface area contributed by atoms with Crippen molar-refractivity contribution in [2.75, 3.05) is 0 Å². The summed E-state index contributed by atoms with van der Waals surface area (Å²) in [7, 11) is -5.14. The molecule has 0 amide bonds. The largest absolute Gasteiger partial charge is 0 e. The second-order valence-corrected chi connectivity index (χ2v) is 1.42. The molecule has 0 aliphatic heterocycles. The molecule has 3 nitrogen and oxygen atoms in total. The van der Waals surface area contributed by atoms with E-state index in [1.165, 1.54) is 0 Å². The van der Waals surface area contributed by atoms with Gasteiger partial charge in [-0.15, -0.1) is 4.20 Å². The zero-order valence-corrected chi connectivity index (χ0v) is 4.87. The minimum absolute atomic E-state index is 0. The molecule has 0 rings (SSSR count). The Morgan fingerprint density at radius 3 is 1.38 bits per heavy atom. The van der Waals surface area contributed by atoms with E-state index in [-0.39, 0.29) is 99.5 Å². The fourth-order valence-corrected chi connectivity index (χ4v) is 0. The van der Waals surface area contributed by atoms with Crippen molar-refractivity contribution in [3.63, 3.8) is 0 Å². The van der Waals surface area contributed by atoms with Crippen LogP contribution in [0, 0.1) is 0 Å². The molecule has 1 radical (unpaired) electrons. The SMILES string of the molecule is O=P(O)(O)F.[KH].[NaH].[V]. The van der Waals surface area contributed by atoms with Crippen LogP contribution in [0.25, 0.3) is 0 Å². The van der Waals surface area contributed by atoms with Gasteiger partial charge in [-0.2, -0.15) is 0 Å². The molecule has 2 N–H and O–H groups in total. The summed E-state index contributed by atoms with van der Waals surface area (Å²) in [5, 5.41) is 0. The van der Waals surface area contributed by atoms with Gasteiger partial charge < -0.3 is 0 Å². The van der Waals surface area contributed by atoms with Crippen molar-refractivity contribution in [2.24, 2.45) is 0 Å². The summed E-state index contributed by atoms with van der Waals surface area (Å²) >= 11 is 0. The van der Waals surface area contributed by atoms with E-state index >= 15 is 0 Å². The van der Waals surface area contributed by atoms with Gasteiger partial charge >= 0.3 is 88.8 Å². The number of hydrogen-bond donors (Lipinski definition) is 2. The Balaban J connectivity index is -0.0000000267. The standard InChI is InChI=1S/FH2O3P.K.Na.V.2H/c1-5(2,3)4;;;;;/h(H2,2,3,4);;;;;. The Morgan fingerprint density at radius 1 is 1.38 bits per heavy atom. The molecular formula is H4FKNaO3PV. The van der Waals surface area contributed by atoms with E-state index in [0.29, 0.717) is 0 Å². The summed E-state index contributed by atoms with van der Waals surface area (Å²) in [5.41, 5.74) is 0. The molecule has 0 aliphatic rings. The molecule has 0 unspecified atom stereocenters. The minimum Gasteiger partial charge on any atom is 0 e. The molecule has 0 fully saturated rings. The van der Waals surface area contributed by atoms with Gasteiger partial charge in [-0.05, 0) is 0 Å². The molecule has 0 bridgehead atoms. The molecule has 0 saturated heterocycles. The van der Waals surface area contributed by atoms with Gasteiger partial charge in [0.05, 0.1) is 0 Å². The van der Waals surface area contributed by atoms with Crippen LogP contribution < -0.4 is 0 Å². The van der Waals surface area contributed by atoms with Gasteiger partial charge in [-0.25, -0.2) is 4.57 Å². The van der Waals surface area contributed by atoms with Crippen LogP contribution in [0.15, 0.2) is 0 Å². The van der Waals surface area contributed by atoms with Crippen molar-refractivity contribution in [2.45, 2.75) is 0 Å². The molecule has 0 atom stereocenters. The fraction of sp³-hybridized carbons (Fsp3) is 0. The Morgan fingerprint density at radius 2 is 1.38 bits per heavy atom. The summed E-state index contributed by atoms with van der Waals surface area (Å²) in [4.78, 5) is 13.9. The molecule has 0 aromatic rings. The van der Waals surface area contributed by atoms with Crippen molar-refractivity contribution in [1.29, 1.82) is 0 Å². The first kappa shape index (κ1) is 22.5. The molecule has 0 aromatic carbocycles. The molecule has 8 heavy (non-hydrogen) atoms. The summed E-state index contributed by atoms with van der Waals surface area (Å²) in [6.45, 7) is 0. The third-order valence-electron chi connectivity index (χ3n) is 0. The van der Waals surface area contributed by atoms with Crippen LogP contribution in [0.5, 0.6) is 0 Å². The average Bonchev–Trinajstić information content (AvgIpc) is 0.722. The third-order valence-corrected chi connectivity index (χ3v) is 0. The Bertz CT molecular complexity index is 65.4. The van der Waals surface area contributed by atoms with Gasteiger partial charge in [0.1, 0.15) is 0 Å². The maximum Gasteiger partial charge on any atom is 0 e. The van der Waals surface area contributed by atoms with Gasteiger partial charge in [0.25, 0.3) is 0 Å². The van der Waals surface area contributed by atoms with Crippen LogP contribution in [0.4, 0.5) is 4.20 Å². The van der Waals surface area contributed by atoms with Crippen LogP contribution in [0.2, 0.25) is 0 Å². The molecule has 8 heteroatoms. The summed E-state index contributed by atoms with van der Waals surface area (Å²) < 4.78 is 19.0. The summed E-state index contributed by atoms with van der Waals surface area (Å²) in [5.74, 6) is 0. The molecule has 0 spiro atoms. The van der Waals surface area contributed by atoms with Gasteiger partial charge in [-0.3, -0.25) is 9.79 Å². The van der Waals surface area contributed by atoms with Gasteiger partial charge in [0.2, 0.25) is 0 Å². The van der Waals surface area contributed by atoms with E-state index < -0.39 is 7.91 Å². The summed E-state index contributed by atoms with van der Waals surface area (Å²) in [6, 6.07) is 0. The van der Waals surface area contributed by atoms with Crippen molar-refractivity contribution in [3.8, 4) is 0 Å². The fourth-order valence-electron chi connectivity index (χ4n) is 0. The van der Waals surface area contributed by atoms with Crippen LogP contribution in [-0.4, -0.2) is 90.7 Å². The van der Waals surface area contributed by atoms with Gasteiger partial charge in [0.15, 0.2) is 0 Å². The van der Waals surface area contributed by atoms with Crippen molar-refractivity contribution in [1.82, 2.24) is 0 Å². The van der Waals surface area contributed by atoms with Gasteiger partial charge in [-0.1, -0.05) is 0 Å². The minimum atomic E-state index is -5.14. The first-order valence-electron chi connectivity index (χ1n) is 0.752. The normalized spacial score (nSPS) is 7.38. The van der Waals surface area contributed by atoms with Crippen LogP contribution in [0.1, 0.15) is 0 Å². The van der Waals surface area contributed by atoms with Crippen molar-refractivity contribution in [3.05, 3.63) is 0 Å². The van der Waals surface area contributed by atoms with Gasteiger partial charge in [0, 0.05) is 18.6 Å². The summed E-state index contributed by atoms with van der Waals surface area (Å²) in [6.07, 6.45) is 0. The molecular weight excluding hydrogens is 211 g/mol. The maximum absolute atomic E-state index is 10.4. The zero-order valence-electron chi connectivity index (χ0n) is 2.58. The monoisotopic (exact) mass is 215 g/mol. The van der Waals surface area contributed by atoms with E-state index in [4.69, 9.17) is 14.4 Å². The third kappa shape index (κ3) is 58.8. The number of hydrogen-bond acceptors (Lipinski definition) is 1. The molecule has 41 valence electrons. The number of rotatable bonds is 0. The van der Waals surface area contributed by atoms with E-state index in [1.807, 2.05) is 0 Å². The average molecular weight is 215 g/mol. The van der Waals surface area contributed by atoms with Crippen molar-refractivity contribution < 1.29 is 37.1 Å². The molecule has 0 aliphatic carbocycles. The van der Waals surface area contributed by atoms with E-state index in [2.05, 4.69) is 0 Å². The quantitative estimate of drug-likeness (QED) is 0.392. The topological polar surface area (TPSA) is 57.5 Å². The predicted molar refractivity (Wildman–Crippen MR) is 27.5 cm³/mol. The maximum atomic E-state index is 10.4. The smallest absolute Gasteiger partial charge is 0 e. The zero-order chi connectivity index (χ0) is 4.50. The van der Waals surface area contributed by atoms with E-state index in [9.17, 15) is 4.20 Å². The Hall–Kier alpha value is 3.30. The first-order chi connectivity index (χ1) is 2.00. The second kappa shape index (κ2) is 10.3. The van der Waals surface area contributed by atoms with E-state index in [1.54, 1.807) is 0 Å². The predicted octanol–water partition coefficient (Wildman–Crippen LogP) is -1.25. The van der Waals surface area contributed by atoms with E-state index in [0.717, 1.165) is 0 Å². The first-order valence-corrected chi connectivity index (χ1v) is 2.25.